The Morgan fingerprint density at radius 3 is 2.48 bits per heavy atom. The standard InChI is InChI=1S/C21H23NO6S/c1-3-27-21(25)19-16(14-6-7-14)12-29-20(19)22-17(23)11-28-18(24)10-13-4-8-15(26-2)9-5-13/h4-5,8-9,12,14H,3,6-7,10-11H2,1-2H3,(H,22,23). The van der Waals surface area contributed by atoms with E-state index in [4.69, 9.17) is 14.2 Å². The van der Waals surface area contributed by atoms with Crippen molar-refractivity contribution in [1.82, 2.24) is 0 Å². The van der Waals surface area contributed by atoms with Gasteiger partial charge < -0.3 is 19.5 Å². The molecule has 1 aromatic heterocycles. The van der Waals surface area contributed by atoms with Gasteiger partial charge in [-0.15, -0.1) is 11.3 Å². The Balaban J connectivity index is 1.55. The van der Waals surface area contributed by atoms with Crippen LogP contribution < -0.4 is 10.1 Å². The maximum absolute atomic E-state index is 12.3. The van der Waals surface area contributed by atoms with Crippen molar-refractivity contribution in [3.8, 4) is 5.75 Å². The van der Waals surface area contributed by atoms with Crippen LogP contribution in [0, 0.1) is 0 Å². The Kier molecular flexibility index (Phi) is 6.87. The van der Waals surface area contributed by atoms with Crippen LogP contribution in [0.5, 0.6) is 5.75 Å². The Morgan fingerprint density at radius 2 is 1.86 bits per heavy atom. The number of ether oxygens (including phenoxy) is 3. The van der Waals surface area contributed by atoms with E-state index in [0.29, 0.717) is 22.2 Å². The second-order valence-electron chi connectivity index (χ2n) is 6.62. The van der Waals surface area contributed by atoms with Crippen LogP contribution in [-0.4, -0.2) is 38.2 Å². The summed E-state index contributed by atoms with van der Waals surface area (Å²) in [5.74, 6) is -0.412. The molecule has 0 saturated heterocycles. The number of hydrogen-bond donors (Lipinski definition) is 1. The molecule has 1 fully saturated rings. The van der Waals surface area contributed by atoms with Crippen LogP contribution in [0.25, 0.3) is 0 Å². The van der Waals surface area contributed by atoms with Crippen LogP contribution in [-0.2, 0) is 25.5 Å². The summed E-state index contributed by atoms with van der Waals surface area (Å²) < 4.78 is 15.3. The topological polar surface area (TPSA) is 90.9 Å². The molecule has 1 heterocycles. The average molecular weight is 417 g/mol. The van der Waals surface area contributed by atoms with Crippen molar-refractivity contribution in [2.45, 2.75) is 32.1 Å². The first-order chi connectivity index (χ1) is 14.0. The number of esters is 2. The molecule has 154 valence electrons. The lowest BCUT2D eigenvalue weighted by Crippen LogP contribution is -2.22. The molecule has 1 aromatic carbocycles. The van der Waals surface area contributed by atoms with Gasteiger partial charge in [-0.3, -0.25) is 9.59 Å². The van der Waals surface area contributed by atoms with E-state index in [9.17, 15) is 14.4 Å². The van der Waals surface area contributed by atoms with Crippen molar-refractivity contribution in [3.05, 3.63) is 46.3 Å². The number of hydrogen-bond acceptors (Lipinski definition) is 7. The molecule has 1 N–H and O–H groups in total. The summed E-state index contributed by atoms with van der Waals surface area (Å²) in [6.45, 7) is 1.57. The lowest BCUT2D eigenvalue weighted by atomic mass is 10.1. The third-order valence-electron chi connectivity index (χ3n) is 4.44. The van der Waals surface area contributed by atoms with Crippen molar-refractivity contribution in [2.24, 2.45) is 0 Å². The molecular weight excluding hydrogens is 394 g/mol. The van der Waals surface area contributed by atoms with Crippen molar-refractivity contribution in [3.63, 3.8) is 0 Å². The maximum atomic E-state index is 12.3. The molecule has 2 aromatic rings. The lowest BCUT2D eigenvalue weighted by molar-refractivity contribution is -0.146. The van der Waals surface area contributed by atoms with E-state index in [1.807, 2.05) is 5.38 Å². The van der Waals surface area contributed by atoms with Gasteiger partial charge in [0.1, 0.15) is 10.8 Å². The fourth-order valence-electron chi connectivity index (χ4n) is 2.84. The summed E-state index contributed by atoms with van der Waals surface area (Å²) in [6, 6.07) is 7.02. The molecule has 1 aliphatic carbocycles. The molecule has 0 aliphatic heterocycles. The smallest absolute Gasteiger partial charge is 0.341 e. The molecule has 1 aliphatic rings. The van der Waals surface area contributed by atoms with Crippen molar-refractivity contribution in [2.75, 3.05) is 25.6 Å². The van der Waals surface area contributed by atoms with Crippen LogP contribution >= 0.6 is 11.3 Å². The summed E-state index contributed by atoms with van der Waals surface area (Å²) in [4.78, 5) is 36.5. The number of methoxy groups -OCH3 is 1. The SMILES string of the molecule is CCOC(=O)c1c(C2CC2)csc1NC(=O)COC(=O)Cc1ccc(OC)cc1. The zero-order chi connectivity index (χ0) is 20.8. The maximum Gasteiger partial charge on any atom is 0.341 e. The molecule has 8 heteroatoms. The molecular formula is C21H23NO6S. The Hall–Kier alpha value is -2.87. The third-order valence-corrected chi connectivity index (χ3v) is 5.35. The highest BCUT2D eigenvalue weighted by Gasteiger charge is 2.32. The molecule has 0 radical (unpaired) electrons. The largest absolute Gasteiger partial charge is 0.497 e. The number of amides is 1. The number of carbonyl (C=O) groups is 3. The highest BCUT2D eigenvalue weighted by molar-refractivity contribution is 7.15. The molecule has 0 unspecified atom stereocenters. The number of carbonyl (C=O) groups excluding carboxylic acids is 3. The van der Waals surface area contributed by atoms with Crippen molar-refractivity contribution < 1.29 is 28.6 Å². The van der Waals surface area contributed by atoms with Gasteiger partial charge in [0.25, 0.3) is 5.91 Å². The van der Waals surface area contributed by atoms with Crippen LogP contribution in [0.3, 0.4) is 0 Å². The van der Waals surface area contributed by atoms with Crippen molar-refractivity contribution >= 4 is 34.2 Å². The van der Waals surface area contributed by atoms with E-state index < -0.39 is 24.5 Å². The molecule has 1 saturated carbocycles. The first-order valence-electron chi connectivity index (χ1n) is 9.38. The van der Waals surface area contributed by atoms with E-state index in [2.05, 4.69) is 5.32 Å². The number of rotatable bonds is 9. The van der Waals surface area contributed by atoms with E-state index in [-0.39, 0.29) is 13.0 Å². The van der Waals surface area contributed by atoms with Gasteiger partial charge in [-0.1, -0.05) is 12.1 Å². The molecule has 0 bridgehead atoms. The second kappa shape index (κ2) is 9.56. The monoisotopic (exact) mass is 417 g/mol. The molecule has 29 heavy (non-hydrogen) atoms. The molecule has 0 spiro atoms. The Morgan fingerprint density at radius 1 is 1.14 bits per heavy atom. The Labute approximate surface area is 173 Å². The predicted octanol–water partition coefficient (Wildman–Crippen LogP) is 3.54. The van der Waals surface area contributed by atoms with Gasteiger partial charge >= 0.3 is 11.9 Å². The minimum absolute atomic E-state index is 0.0518. The van der Waals surface area contributed by atoms with Gasteiger partial charge in [0.15, 0.2) is 6.61 Å². The first-order valence-corrected chi connectivity index (χ1v) is 10.3. The van der Waals surface area contributed by atoms with E-state index in [0.717, 1.165) is 24.0 Å². The highest BCUT2D eigenvalue weighted by atomic mass is 32.1. The lowest BCUT2D eigenvalue weighted by Gasteiger charge is -2.09. The van der Waals surface area contributed by atoms with Crippen LogP contribution in [0.15, 0.2) is 29.6 Å². The minimum Gasteiger partial charge on any atom is -0.497 e. The zero-order valence-electron chi connectivity index (χ0n) is 16.4. The number of nitrogens with one attached hydrogen (secondary N) is 1. The van der Waals surface area contributed by atoms with Crippen LogP contribution in [0.4, 0.5) is 5.00 Å². The second-order valence-corrected chi connectivity index (χ2v) is 7.50. The first kappa shape index (κ1) is 20.9. The van der Waals surface area contributed by atoms with E-state index >= 15 is 0 Å². The number of anilines is 1. The van der Waals surface area contributed by atoms with Gasteiger partial charge in [-0.2, -0.15) is 0 Å². The summed E-state index contributed by atoms with van der Waals surface area (Å²) in [7, 11) is 1.57. The normalized spacial score (nSPS) is 12.9. The minimum atomic E-state index is -0.513. The highest BCUT2D eigenvalue weighted by Crippen LogP contribution is 2.46. The quantitative estimate of drug-likeness (QED) is 0.628. The third kappa shape index (κ3) is 5.57. The van der Waals surface area contributed by atoms with E-state index in [1.165, 1.54) is 11.3 Å². The van der Waals surface area contributed by atoms with Gasteiger partial charge in [0.05, 0.1) is 25.7 Å². The van der Waals surface area contributed by atoms with Gasteiger partial charge in [0, 0.05) is 0 Å². The molecule has 7 nitrogen and oxygen atoms in total. The van der Waals surface area contributed by atoms with Crippen molar-refractivity contribution in [1.29, 1.82) is 0 Å². The Bertz CT molecular complexity index is 885. The fourth-order valence-corrected chi connectivity index (χ4v) is 3.89. The summed E-state index contributed by atoms with van der Waals surface area (Å²) in [5, 5.41) is 4.99. The van der Waals surface area contributed by atoms with Crippen LogP contribution in [0.1, 0.15) is 47.2 Å². The predicted molar refractivity (Wildman–Crippen MR) is 109 cm³/mol. The summed E-state index contributed by atoms with van der Waals surface area (Å²) >= 11 is 1.28. The van der Waals surface area contributed by atoms with E-state index in [1.54, 1.807) is 38.3 Å². The zero-order valence-corrected chi connectivity index (χ0v) is 17.2. The number of thiophene rings is 1. The average Bonchev–Trinajstić information content (AvgIpc) is 3.47. The van der Waals surface area contributed by atoms with Gasteiger partial charge in [-0.25, -0.2) is 4.79 Å². The molecule has 1 amide bonds. The fraction of sp³-hybridized carbons (Fsp3) is 0.381. The molecule has 3 rings (SSSR count). The molecule has 0 atom stereocenters. The van der Waals surface area contributed by atoms with Gasteiger partial charge in [-0.05, 0) is 54.3 Å². The number of benzene rings is 1. The summed E-state index contributed by atoms with van der Waals surface area (Å²) in [6.07, 6.45) is 2.11. The van der Waals surface area contributed by atoms with Crippen LogP contribution in [0.2, 0.25) is 0 Å². The summed E-state index contributed by atoms with van der Waals surface area (Å²) in [5.41, 5.74) is 2.09. The van der Waals surface area contributed by atoms with Gasteiger partial charge in [0.2, 0.25) is 0 Å².